The zero-order chi connectivity index (χ0) is 21.8. The van der Waals surface area contributed by atoms with Crippen LogP contribution in [0, 0.1) is 20.8 Å². The number of carbonyl (C=O) groups excluding carboxylic acids is 1. The van der Waals surface area contributed by atoms with E-state index in [1.165, 1.54) is 0 Å². The van der Waals surface area contributed by atoms with E-state index >= 15 is 0 Å². The highest BCUT2D eigenvalue weighted by atomic mass is 16.1. The van der Waals surface area contributed by atoms with Crippen LogP contribution in [0.15, 0.2) is 60.9 Å². The SMILES string of the molecule is Cc1cc(C)n(-c2cc(NCCNC(=O)c3ccc(-n4cccc4)cc3)nc(C)n2)n1. The molecule has 31 heavy (non-hydrogen) atoms. The number of nitrogens with zero attached hydrogens (tertiary/aromatic N) is 5. The lowest BCUT2D eigenvalue weighted by atomic mass is 10.2. The maximum Gasteiger partial charge on any atom is 0.251 e. The van der Waals surface area contributed by atoms with Crippen molar-refractivity contribution < 1.29 is 4.79 Å². The molecule has 4 aromatic rings. The third-order valence-electron chi connectivity index (χ3n) is 4.80. The lowest BCUT2D eigenvalue weighted by Gasteiger charge is -2.11. The van der Waals surface area contributed by atoms with Gasteiger partial charge in [0.25, 0.3) is 5.91 Å². The number of rotatable bonds is 7. The molecule has 158 valence electrons. The zero-order valence-corrected chi connectivity index (χ0v) is 17.8. The molecule has 0 saturated carbocycles. The smallest absolute Gasteiger partial charge is 0.251 e. The van der Waals surface area contributed by atoms with Crippen LogP contribution in [0.4, 0.5) is 5.82 Å². The summed E-state index contributed by atoms with van der Waals surface area (Å²) in [5.41, 5.74) is 3.59. The monoisotopic (exact) mass is 415 g/mol. The lowest BCUT2D eigenvalue weighted by Crippen LogP contribution is -2.29. The first-order valence-electron chi connectivity index (χ1n) is 10.1. The predicted molar refractivity (Wildman–Crippen MR) is 120 cm³/mol. The highest BCUT2D eigenvalue weighted by molar-refractivity contribution is 5.94. The van der Waals surface area contributed by atoms with Crippen molar-refractivity contribution in [3.05, 3.63) is 83.7 Å². The molecule has 0 aliphatic carbocycles. The van der Waals surface area contributed by atoms with Gasteiger partial charge in [-0.15, -0.1) is 0 Å². The van der Waals surface area contributed by atoms with Gasteiger partial charge in [-0.1, -0.05) is 0 Å². The average molecular weight is 416 g/mol. The maximum atomic E-state index is 12.4. The van der Waals surface area contributed by atoms with E-state index in [1.54, 1.807) is 4.68 Å². The van der Waals surface area contributed by atoms with Gasteiger partial charge in [-0.3, -0.25) is 4.79 Å². The predicted octanol–water partition coefficient (Wildman–Crippen LogP) is 3.22. The van der Waals surface area contributed by atoms with E-state index in [4.69, 9.17) is 0 Å². The van der Waals surface area contributed by atoms with Crippen LogP contribution in [-0.2, 0) is 0 Å². The fourth-order valence-corrected chi connectivity index (χ4v) is 3.37. The van der Waals surface area contributed by atoms with Crippen LogP contribution in [-0.4, -0.2) is 43.3 Å². The molecule has 0 bridgehead atoms. The molecule has 0 aliphatic heterocycles. The van der Waals surface area contributed by atoms with E-state index < -0.39 is 0 Å². The van der Waals surface area contributed by atoms with Gasteiger partial charge in [0.05, 0.1) is 5.69 Å². The number of aryl methyl sites for hydroxylation is 3. The van der Waals surface area contributed by atoms with E-state index in [1.807, 2.05) is 86.3 Å². The summed E-state index contributed by atoms with van der Waals surface area (Å²) in [7, 11) is 0. The van der Waals surface area contributed by atoms with Gasteiger partial charge in [-0.05, 0) is 63.2 Å². The Morgan fingerprint density at radius 1 is 0.968 bits per heavy atom. The third kappa shape index (κ3) is 4.80. The molecule has 0 atom stereocenters. The molecule has 0 aliphatic rings. The first kappa shape index (κ1) is 20.3. The standard InChI is InChI=1S/C23H25N7O/c1-16-14-17(2)30(28-16)22-15-21(26-18(3)27-22)24-10-11-25-23(31)19-6-8-20(9-7-19)29-12-4-5-13-29/h4-9,12-15H,10-11H2,1-3H3,(H,25,31)(H,24,26,27). The Morgan fingerprint density at radius 3 is 2.39 bits per heavy atom. The van der Waals surface area contributed by atoms with Crippen LogP contribution in [0.1, 0.15) is 27.6 Å². The van der Waals surface area contributed by atoms with E-state index in [2.05, 4.69) is 25.7 Å². The Balaban J connectivity index is 1.32. The number of carbonyl (C=O) groups is 1. The van der Waals surface area contributed by atoms with Crippen molar-refractivity contribution in [3.8, 4) is 11.5 Å². The third-order valence-corrected chi connectivity index (χ3v) is 4.80. The minimum absolute atomic E-state index is 0.108. The van der Waals surface area contributed by atoms with Gasteiger partial charge in [-0.25, -0.2) is 14.6 Å². The molecular weight excluding hydrogens is 390 g/mol. The largest absolute Gasteiger partial charge is 0.368 e. The molecule has 8 heteroatoms. The van der Waals surface area contributed by atoms with Gasteiger partial charge in [0.1, 0.15) is 11.6 Å². The zero-order valence-electron chi connectivity index (χ0n) is 17.8. The first-order chi connectivity index (χ1) is 15.0. The molecule has 3 aromatic heterocycles. The minimum atomic E-state index is -0.108. The van der Waals surface area contributed by atoms with Crippen molar-refractivity contribution in [3.63, 3.8) is 0 Å². The second-order valence-corrected chi connectivity index (χ2v) is 7.32. The fourth-order valence-electron chi connectivity index (χ4n) is 3.37. The number of nitrogens with one attached hydrogen (secondary N) is 2. The highest BCUT2D eigenvalue weighted by Gasteiger charge is 2.09. The molecule has 1 amide bonds. The van der Waals surface area contributed by atoms with Crippen molar-refractivity contribution in [2.45, 2.75) is 20.8 Å². The number of anilines is 1. The van der Waals surface area contributed by atoms with Gasteiger partial charge in [-0.2, -0.15) is 5.10 Å². The molecule has 0 fully saturated rings. The van der Waals surface area contributed by atoms with Gasteiger partial charge in [0.2, 0.25) is 0 Å². The molecule has 2 N–H and O–H groups in total. The average Bonchev–Trinajstić information content (AvgIpc) is 3.40. The van der Waals surface area contributed by atoms with Gasteiger partial charge in [0.15, 0.2) is 5.82 Å². The highest BCUT2D eigenvalue weighted by Crippen LogP contribution is 2.14. The minimum Gasteiger partial charge on any atom is -0.368 e. The van der Waals surface area contributed by atoms with Gasteiger partial charge in [0, 0.05) is 48.5 Å². The van der Waals surface area contributed by atoms with Crippen molar-refractivity contribution >= 4 is 11.7 Å². The Hall–Kier alpha value is -3.94. The Bertz CT molecular complexity index is 1180. The van der Waals surface area contributed by atoms with Crippen LogP contribution in [0.2, 0.25) is 0 Å². The molecule has 4 rings (SSSR count). The molecule has 0 radical (unpaired) electrons. The van der Waals surface area contributed by atoms with E-state index in [0.717, 1.165) is 17.1 Å². The van der Waals surface area contributed by atoms with Crippen LogP contribution < -0.4 is 10.6 Å². The van der Waals surface area contributed by atoms with Crippen LogP contribution in [0.3, 0.4) is 0 Å². The summed E-state index contributed by atoms with van der Waals surface area (Å²) < 4.78 is 3.80. The first-order valence-corrected chi connectivity index (χ1v) is 10.1. The summed E-state index contributed by atoms with van der Waals surface area (Å²) in [6.07, 6.45) is 3.94. The van der Waals surface area contributed by atoms with Crippen LogP contribution in [0.25, 0.3) is 11.5 Å². The quantitative estimate of drug-likeness (QED) is 0.453. The van der Waals surface area contributed by atoms with E-state index in [9.17, 15) is 4.79 Å². The van der Waals surface area contributed by atoms with Crippen molar-refractivity contribution in [1.29, 1.82) is 0 Å². The van der Waals surface area contributed by atoms with Crippen LogP contribution >= 0.6 is 0 Å². The molecule has 3 heterocycles. The summed E-state index contributed by atoms with van der Waals surface area (Å²) in [6.45, 7) is 6.80. The van der Waals surface area contributed by atoms with E-state index in [-0.39, 0.29) is 5.91 Å². The number of benzene rings is 1. The molecular formula is C23H25N7O. The van der Waals surface area contributed by atoms with Gasteiger partial charge >= 0.3 is 0 Å². The topological polar surface area (TPSA) is 89.7 Å². The number of amides is 1. The van der Waals surface area contributed by atoms with Gasteiger partial charge < -0.3 is 15.2 Å². The molecule has 1 aromatic carbocycles. The summed E-state index contributed by atoms with van der Waals surface area (Å²) in [5.74, 6) is 1.95. The molecule has 0 unspecified atom stereocenters. The normalized spacial score (nSPS) is 10.8. The second kappa shape index (κ2) is 8.83. The van der Waals surface area contributed by atoms with E-state index in [0.29, 0.717) is 36.1 Å². The summed E-state index contributed by atoms with van der Waals surface area (Å²) in [6, 6.07) is 15.3. The fraction of sp³-hybridized carbons (Fsp3) is 0.217. The Kier molecular flexibility index (Phi) is 5.79. The number of aromatic nitrogens is 5. The van der Waals surface area contributed by atoms with Crippen molar-refractivity contribution in [2.24, 2.45) is 0 Å². The number of hydrogen-bond acceptors (Lipinski definition) is 5. The summed E-state index contributed by atoms with van der Waals surface area (Å²) in [4.78, 5) is 21.3. The Labute approximate surface area is 181 Å². The van der Waals surface area contributed by atoms with Crippen LogP contribution in [0.5, 0.6) is 0 Å². The second-order valence-electron chi connectivity index (χ2n) is 7.32. The molecule has 0 saturated heterocycles. The lowest BCUT2D eigenvalue weighted by molar-refractivity contribution is 0.0955. The summed E-state index contributed by atoms with van der Waals surface area (Å²) >= 11 is 0. The van der Waals surface area contributed by atoms with Crippen molar-refractivity contribution in [2.75, 3.05) is 18.4 Å². The Morgan fingerprint density at radius 2 is 1.71 bits per heavy atom. The number of hydrogen-bond donors (Lipinski definition) is 2. The molecule has 0 spiro atoms. The molecule has 8 nitrogen and oxygen atoms in total. The summed E-state index contributed by atoms with van der Waals surface area (Å²) in [5, 5.41) is 10.7. The maximum absolute atomic E-state index is 12.4. The van der Waals surface area contributed by atoms with Crippen molar-refractivity contribution in [1.82, 2.24) is 29.6 Å².